The lowest BCUT2D eigenvalue weighted by molar-refractivity contribution is 0.112. The SMILES string of the molecule is CCCNC1(CO)CCCC1CCN1CCS(=O)(=O)CC1. The van der Waals surface area contributed by atoms with E-state index in [1.54, 1.807) is 0 Å². The van der Waals surface area contributed by atoms with Crippen LogP contribution in [0.1, 0.15) is 39.0 Å². The largest absolute Gasteiger partial charge is 0.394 e. The van der Waals surface area contributed by atoms with E-state index >= 15 is 0 Å². The van der Waals surface area contributed by atoms with Gasteiger partial charge in [-0.15, -0.1) is 0 Å². The van der Waals surface area contributed by atoms with Crippen LogP contribution in [0.2, 0.25) is 0 Å². The number of aliphatic hydroxyl groups is 1. The molecule has 0 aromatic heterocycles. The van der Waals surface area contributed by atoms with Gasteiger partial charge >= 0.3 is 0 Å². The van der Waals surface area contributed by atoms with Crippen molar-refractivity contribution in [3.8, 4) is 0 Å². The van der Waals surface area contributed by atoms with Crippen LogP contribution in [-0.2, 0) is 9.84 Å². The van der Waals surface area contributed by atoms with Crippen molar-refractivity contribution in [2.75, 3.05) is 44.3 Å². The van der Waals surface area contributed by atoms with Crippen molar-refractivity contribution < 1.29 is 13.5 Å². The maximum absolute atomic E-state index is 11.5. The van der Waals surface area contributed by atoms with E-state index in [1.165, 1.54) is 12.8 Å². The predicted molar refractivity (Wildman–Crippen MR) is 85.2 cm³/mol. The fraction of sp³-hybridized carbons (Fsp3) is 1.00. The summed E-state index contributed by atoms with van der Waals surface area (Å²) in [7, 11) is -2.79. The number of nitrogens with one attached hydrogen (secondary N) is 1. The monoisotopic (exact) mass is 318 g/mol. The Morgan fingerprint density at radius 2 is 2.05 bits per heavy atom. The normalized spacial score (nSPS) is 33.3. The molecule has 1 aliphatic heterocycles. The maximum Gasteiger partial charge on any atom is 0.152 e. The molecule has 0 amide bonds. The molecule has 2 unspecified atom stereocenters. The van der Waals surface area contributed by atoms with Crippen LogP contribution in [0, 0.1) is 5.92 Å². The average Bonchev–Trinajstić information content (AvgIpc) is 2.87. The summed E-state index contributed by atoms with van der Waals surface area (Å²) >= 11 is 0. The van der Waals surface area contributed by atoms with E-state index in [0.717, 1.165) is 32.4 Å². The van der Waals surface area contributed by atoms with E-state index in [-0.39, 0.29) is 12.1 Å². The Kier molecular flexibility index (Phi) is 6.05. The number of rotatable bonds is 7. The van der Waals surface area contributed by atoms with Gasteiger partial charge in [0.05, 0.1) is 18.1 Å². The Bertz CT molecular complexity index is 413. The number of nitrogens with zero attached hydrogens (tertiary/aromatic N) is 1. The molecule has 124 valence electrons. The third-order valence-corrected chi connectivity index (χ3v) is 6.81. The zero-order chi connectivity index (χ0) is 15.3. The molecule has 0 aromatic rings. The quantitative estimate of drug-likeness (QED) is 0.721. The summed E-state index contributed by atoms with van der Waals surface area (Å²) in [5, 5.41) is 13.4. The van der Waals surface area contributed by atoms with E-state index in [0.29, 0.717) is 30.5 Å². The third-order valence-electron chi connectivity index (χ3n) is 5.20. The summed E-state index contributed by atoms with van der Waals surface area (Å²) in [6.07, 6.45) is 5.54. The standard InChI is InChI=1S/C15H30N2O3S/c1-2-7-16-15(13-18)6-3-4-14(15)5-8-17-9-11-21(19,20)12-10-17/h14,16,18H,2-13H2,1H3. The average molecular weight is 318 g/mol. The summed E-state index contributed by atoms with van der Waals surface area (Å²) in [6, 6.07) is 0. The first-order valence-corrected chi connectivity index (χ1v) is 10.1. The molecular formula is C15H30N2O3S. The summed E-state index contributed by atoms with van der Waals surface area (Å²) in [4.78, 5) is 2.27. The lowest BCUT2D eigenvalue weighted by atomic mass is 9.85. The van der Waals surface area contributed by atoms with Gasteiger partial charge in [0.2, 0.25) is 0 Å². The van der Waals surface area contributed by atoms with Crippen LogP contribution in [0.3, 0.4) is 0 Å². The van der Waals surface area contributed by atoms with Gasteiger partial charge in [-0.25, -0.2) is 8.42 Å². The molecular weight excluding hydrogens is 288 g/mol. The highest BCUT2D eigenvalue weighted by molar-refractivity contribution is 7.91. The van der Waals surface area contributed by atoms with Gasteiger partial charge in [0, 0.05) is 18.6 Å². The van der Waals surface area contributed by atoms with Crippen LogP contribution in [0.5, 0.6) is 0 Å². The second-order valence-corrected chi connectivity index (χ2v) is 8.92. The number of hydrogen-bond acceptors (Lipinski definition) is 5. The van der Waals surface area contributed by atoms with Crippen molar-refractivity contribution in [2.45, 2.75) is 44.6 Å². The smallest absolute Gasteiger partial charge is 0.152 e. The summed E-state index contributed by atoms with van der Waals surface area (Å²) in [6.45, 7) is 5.62. The molecule has 2 atom stereocenters. The minimum atomic E-state index is -2.79. The molecule has 6 heteroatoms. The van der Waals surface area contributed by atoms with E-state index in [4.69, 9.17) is 0 Å². The molecule has 0 radical (unpaired) electrons. The van der Waals surface area contributed by atoms with Crippen molar-refractivity contribution in [2.24, 2.45) is 5.92 Å². The molecule has 1 saturated heterocycles. The topological polar surface area (TPSA) is 69.6 Å². The molecule has 2 fully saturated rings. The molecule has 1 heterocycles. The van der Waals surface area contributed by atoms with Crippen LogP contribution < -0.4 is 5.32 Å². The van der Waals surface area contributed by atoms with Crippen molar-refractivity contribution in [1.82, 2.24) is 10.2 Å². The molecule has 2 rings (SSSR count). The van der Waals surface area contributed by atoms with Crippen molar-refractivity contribution in [1.29, 1.82) is 0 Å². The van der Waals surface area contributed by atoms with E-state index in [2.05, 4.69) is 17.1 Å². The minimum absolute atomic E-state index is 0.0993. The predicted octanol–water partition coefficient (Wildman–Crippen LogP) is 0.638. The minimum Gasteiger partial charge on any atom is -0.394 e. The molecule has 1 aliphatic carbocycles. The van der Waals surface area contributed by atoms with Gasteiger partial charge in [0.1, 0.15) is 0 Å². The Morgan fingerprint density at radius 3 is 2.67 bits per heavy atom. The van der Waals surface area contributed by atoms with Gasteiger partial charge < -0.3 is 15.3 Å². The first-order chi connectivity index (χ1) is 10.0. The van der Waals surface area contributed by atoms with Gasteiger partial charge in [-0.1, -0.05) is 13.3 Å². The second-order valence-electron chi connectivity index (χ2n) is 6.61. The number of aliphatic hydroxyl groups excluding tert-OH is 1. The molecule has 0 aromatic carbocycles. The van der Waals surface area contributed by atoms with Crippen LogP contribution in [0.25, 0.3) is 0 Å². The van der Waals surface area contributed by atoms with Gasteiger partial charge in [0.25, 0.3) is 0 Å². The first kappa shape index (κ1) is 17.2. The summed E-state index contributed by atoms with van der Waals surface area (Å²) < 4.78 is 22.9. The van der Waals surface area contributed by atoms with Gasteiger partial charge in [0.15, 0.2) is 9.84 Å². The fourth-order valence-corrected chi connectivity index (χ4v) is 5.02. The van der Waals surface area contributed by atoms with Crippen LogP contribution >= 0.6 is 0 Å². The Labute approximate surface area is 129 Å². The molecule has 0 bridgehead atoms. The number of hydrogen-bond donors (Lipinski definition) is 2. The zero-order valence-electron chi connectivity index (χ0n) is 13.2. The highest BCUT2D eigenvalue weighted by Gasteiger charge is 2.41. The molecule has 2 N–H and O–H groups in total. The van der Waals surface area contributed by atoms with Crippen molar-refractivity contribution >= 4 is 9.84 Å². The van der Waals surface area contributed by atoms with Crippen LogP contribution in [0.15, 0.2) is 0 Å². The van der Waals surface area contributed by atoms with Crippen molar-refractivity contribution in [3.05, 3.63) is 0 Å². The van der Waals surface area contributed by atoms with E-state index in [1.807, 2.05) is 0 Å². The second kappa shape index (κ2) is 7.40. The van der Waals surface area contributed by atoms with Gasteiger partial charge in [-0.3, -0.25) is 0 Å². The highest BCUT2D eigenvalue weighted by atomic mass is 32.2. The first-order valence-electron chi connectivity index (χ1n) is 8.30. The summed E-state index contributed by atoms with van der Waals surface area (Å²) in [5.41, 5.74) is -0.0993. The Morgan fingerprint density at radius 1 is 1.33 bits per heavy atom. The van der Waals surface area contributed by atoms with E-state index < -0.39 is 9.84 Å². The molecule has 21 heavy (non-hydrogen) atoms. The van der Waals surface area contributed by atoms with Crippen molar-refractivity contribution in [3.63, 3.8) is 0 Å². The highest BCUT2D eigenvalue weighted by Crippen LogP contribution is 2.37. The zero-order valence-corrected chi connectivity index (χ0v) is 14.0. The van der Waals surface area contributed by atoms with E-state index in [9.17, 15) is 13.5 Å². The third kappa shape index (κ3) is 4.41. The molecule has 1 saturated carbocycles. The lowest BCUT2D eigenvalue weighted by Crippen LogP contribution is -2.52. The molecule has 0 spiro atoms. The summed E-state index contributed by atoms with van der Waals surface area (Å²) in [5.74, 6) is 1.11. The molecule has 2 aliphatic rings. The Hall–Kier alpha value is -0.170. The Balaban J connectivity index is 1.84. The van der Waals surface area contributed by atoms with Crippen LogP contribution in [-0.4, -0.2) is 68.3 Å². The van der Waals surface area contributed by atoms with Gasteiger partial charge in [-0.2, -0.15) is 0 Å². The van der Waals surface area contributed by atoms with Crippen LogP contribution in [0.4, 0.5) is 0 Å². The number of sulfone groups is 1. The van der Waals surface area contributed by atoms with Gasteiger partial charge in [-0.05, 0) is 44.7 Å². The maximum atomic E-state index is 11.5. The lowest BCUT2D eigenvalue weighted by Gasteiger charge is -2.37. The molecule has 5 nitrogen and oxygen atoms in total. The fourth-order valence-electron chi connectivity index (χ4n) is 3.75.